The molecule has 0 bridgehead atoms. The molecular weight excluding hydrogens is 199 g/mol. The fraction of sp³-hybridized carbons (Fsp3) is 0.900. The number of hydrogen-bond donors (Lipinski definition) is 2. The number of halogens is 1. The van der Waals surface area contributed by atoms with Crippen LogP contribution in [0.4, 0.5) is 9.18 Å². The van der Waals surface area contributed by atoms with E-state index in [1.165, 1.54) is 4.90 Å². The SMILES string of the molecule is CC(C)(C)N(C[C@H]1CNC[C@@H]1F)C(=O)O. The molecule has 1 aliphatic heterocycles. The van der Waals surface area contributed by atoms with Crippen LogP contribution in [0, 0.1) is 5.92 Å². The van der Waals surface area contributed by atoms with Crippen LogP contribution in [0.2, 0.25) is 0 Å². The highest BCUT2D eigenvalue weighted by atomic mass is 19.1. The maximum atomic E-state index is 13.3. The van der Waals surface area contributed by atoms with Gasteiger partial charge in [0.15, 0.2) is 0 Å². The third-order valence-electron chi connectivity index (χ3n) is 2.72. The van der Waals surface area contributed by atoms with Crippen molar-refractivity contribution in [3.05, 3.63) is 0 Å². The van der Waals surface area contributed by atoms with Crippen LogP contribution in [0.1, 0.15) is 20.8 Å². The van der Waals surface area contributed by atoms with E-state index in [0.717, 1.165) is 0 Å². The zero-order chi connectivity index (χ0) is 11.6. The smallest absolute Gasteiger partial charge is 0.407 e. The molecule has 5 heteroatoms. The molecule has 2 N–H and O–H groups in total. The van der Waals surface area contributed by atoms with Gasteiger partial charge in [0.2, 0.25) is 0 Å². The predicted molar refractivity (Wildman–Crippen MR) is 55.7 cm³/mol. The van der Waals surface area contributed by atoms with Gasteiger partial charge in [-0.3, -0.25) is 0 Å². The Morgan fingerprint density at radius 3 is 2.47 bits per heavy atom. The zero-order valence-electron chi connectivity index (χ0n) is 9.46. The summed E-state index contributed by atoms with van der Waals surface area (Å²) in [5, 5.41) is 12.0. The van der Waals surface area contributed by atoms with E-state index in [0.29, 0.717) is 13.1 Å². The molecule has 0 spiro atoms. The number of hydrogen-bond acceptors (Lipinski definition) is 2. The van der Waals surface area contributed by atoms with Crippen LogP contribution in [-0.2, 0) is 0 Å². The summed E-state index contributed by atoms with van der Waals surface area (Å²) in [6, 6.07) is 0. The van der Waals surface area contributed by atoms with Gasteiger partial charge in [-0.05, 0) is 20.8 Å². The van der Waals surface area contributed by atoms with Gasteiger partial charge < -0.3 is 15.3 Å². The molecule has 88 valence electrons. The van der Waals surface area contributed by atoms with E-state index in [-0.39, 0.29) is 12.5 Å². The number of nitrogens with zero attached hydrogens (tertiary/aromatic N) is 1. The Kier molecular flexibility index (Phi) is 3.54. The molecule has 2 atom stereocenters. The molecule has 1 heterocycles. The highest BCUT2D eigenvalue weighted by molar-refractivity contribution is 5.66. The van der Waals surface area contributed by atoms with Crippen LogP contribution in [-0.4, -0.2) is 47.4 Å². The number of amides is 1. The number of carbonyl (C=O) groups is 1. The monoisotopic (exact) mass is 218 g/mol. The van der Waals surface area contributed by atoms with Gasteiger partial charge in [0.25, 0.3) is 0 Å². The van der Waals surface area contributed by atoms with E-state index in [1.807, 2.05) is 20.8 Å². The first-order valence-electron chi connectivity index (χ1n) is 5.17. The number of nitrogens with one attached hydrogen (secondary N) is 1. The molecule has 15 heavy (non-hydrogen) atoms. The van der Waals surface area contributed by atoms with Crippen molar-refractivity contribution in [1.29, 1.82) is 0 Å². The highest BCUT2D eigenvalue weighted by Gasteiger charge is 2.34. The van der Waals surface area contributed by atoms with Gasteiger partial charge in [-0.15, -0.1) is 0 Å². The summed E-state index contributed by atoms with van der Waals surface area (Å²) in [4.78, 5) is 12.3. The first-order valence-corrected chi connectivity index (χ1v) is 5.17. The predicted octanol–water partition coefficient (Wildman–Crippen LogP) is 1.32. The largest absolute Gasteiger partial charge is 0.465 e. The molecule has 1 amide bonds. The summed E-state index contributed by atoms with van der Waals surface area (Å²) in [6.45, 7) is 6.60. The van der Waals surface area contributed by atoms with Crippen LogP contribution in [0.3, 0.4) is 0 Å². The number of rotatable bonds is 2. The van der Waals surface area contributed by atoms with Crippen LogP contribution < -0.4 is 5.32 Å². The number of carboxylic acid groups (broad SMARTS) is 1. The average Bonchev–Trinajstić information content (AvgIpc) is 2.44. The summed E-state index contributed by atoms with van der Waals surface area (Å²) >= 11 is 0. The zero-order valence-corrected chi connectivity index (χ0v) is 9.46. The summed E-state index contributed by atoms with van der Waals surface area (Å²) in [5.41, 5.74) is -0.478. The van der Waals surface area contributed by atoms with E-state index in [2.05, 4.69) is 5.32 Å². The normalized spacial score (nSPS) is 26.7. The van der Waals surface area contributed by atoms with Crippen LogP contribution in [0.5, 0.6) is 0 Å². The fourth-order valence-electron chi connectivity index (χ4n) is 1.75. The summed E-state index contributed by atoms with van der Waals surface area (Å²) < 4.78 is 13.3. The van der Waals surface area contributed by atoms with Crippen molar-refractivity contribution in [2.24, 2.45) is 5.92 Å². The third-order valence-corrected chi connectivity index (χ3v) is 2.72. The fourth-order valence-corrected chi connectivity index (χ4v) is 1.75. The van der Waals surface area contributed by atoms with Crippen molar-refractivity contribution in [3.63, 3.8) is 0 Å². The number of alkyl halides is 1. The molecule has 0 aromatic rings. The van der Waals surface area contributed by atoms with Gasteiger partial charge in [0.1, 0.15) is 6.17 Å². The highest BCUT2D eigenvalue weighted by Crippen LogP contribution is 2.20. The maximum Gasteiger partial charge on any atom is 0.407 e. The molecule has 0 unspecified atom stereocenters. The Morgan fingerprint density at radius 2 is 2.13 bits per heavy atom. The second kappa shape index (κ2) is 4.35. The molecule has 0 saturated carbocycles. The minimum Gasteiger partial charge on any atom is -0.465 e. The second-order valence-electron chi connectivity index (χ2n) is 5.00. The average molecular weight is 218 g/mol. The van der Waals surface area contributed by atoms with E-state index in [9.17, 15) is 9.18 Å². The molecule has 1 rings (SSSR count). The molecule has 1 saturated heterocycles. The Hall–Kier alpha value is -0.840. The van der Waals surface area contributed by atoms with Crippen molar-refractivity contribution in [2.45, 2.75) is 32.5 Å². The van der Waals surface area contributed by atoms with Gasteiger partial charge in [0, 0.05) is 31.1 Å². The van der Waals surface area contributed by atoms with Crippen molar-refractivity contribution in [3.8, 4) is 0 Å². The van der Waals surface area contributed by atoms with Crippen LogP contribution in [0.15, 0.2) is 0 Å². The summed E-state index contributed by atoms with van der Waals surface area (Å²) in [6.07, 6.45) is -1.92. The van der Waals surface area contributed by atoms with Crippen LogP contribution >= 0.6 is 0 Å². The molecule has 0 aromatic carbocycles. The Bertz CT molecular complexity index is 240. The van der Waals surface area contributed by atoms with Gasteiger partial charge in [0.05, 0.1) is 0 Å². The molecule has 0 aromatic heterocycles. The van der Waals surface area contributed by atoms with Crippen LogP contribution in [0.25, 0.3) is 0 Å². The minimum atomic E-state index is -0.985. The summed E-state index contributed by atoms with van der Waals surface area (Å²) in [7, 11) is 0. The van der Waals surface area contributed by atoms with E-state index >= 15 is 0 Å². The first-order chi connectivity index (χ1) is 6.82. The van der Waals surface area contributed by atoms with E-state index in [1.54, 1.807) is 0 Å². The van der Waals surface area contributed by atoms with Gasteiger partial charge in [-0.25, -0.2) is 9.18 Å². The van der Waals surface area contributed by atoms with Crippen molar-refractivity contribution >= 4 is 6.09 Å². The van der Waals surface area contributed by atoms with Crippen molar-refractivity contribution in [2.75, 3.05) is 19.6 Å². The topological polar surface area (TPSA) is 52.6 Å². The van der Waals surface area contributed by atoms with E-state index in [4.69, 9.17) is 5.11 Å². The molecule has 0 aliphatic carbocycles. The minimum absolute atomic E-state index is 0.222. The molecular formula is C10H19FN2O2. The quantitative estimate of drug-likeness (QED) is 0.735. The standard InChI is InChI=1S/C10H19FN2O2/c1-10(2,3)13(9(14)15)6-7-4-12-5-8(7)11/h7-8,12H,4-6H2,1-3H3,(H,14,15)/t7-,8+/m1/s1. The molecule has 1 fully saturated rings. The Morgan fingerprint density at radius 1 is 1.53 bits per heavy atom. The molecule has 4 nitrogen and oxygen atoms in total. The lowest BCUT2D eigenvalue weighted by Gasteiger charge is -2.35. The Balaban J connectivity index is 2.63. The summed E-state index contributed by atoms with van der Waals surface area (Å²) in [5.74, 6) is -0.222. The third kappa shape index (κ3) is 3.06. The van der Waals surface area contributed by atoms with Crippen molar-refractivity contribution < 1.29 is 14.3 Å². The molecule has 0 radical (unpaired) electrons. The lowest BCUT2D eigenvalue weighted by molar-refractivity contribution is 0.0819. The lowest BCUT2D eigenvalue weighted by atomic mass is 10.0. The van der Waals surface area contributed by atoms with Gasteiger partial charge in [-0.2, -0.15) is 0 Å². The first kappa shape index (κ1) is 12.2. The van der Waals surface area contributed by atoms with Crippen molar-refractivity contribution in [1.82, 2.24) is 10.2 Å². The van der Waals surface area contributed by atoms with Gasteiger partial charge in [-0.1, -0.05) is 0 Å². The lowest BCUT2D eigenvalue weighted by Crippen LogP contribution is -2.48. The van der Waals surface area contributed by atoms with E-state index < -0.39 is 17.8 Å². The second-order valence-corrected chi connectivity index (χ2v) is 5.00. The Labute approximate surface area is 89.4 Å². The molecule has 1 aliphatic rings. The van der Waals surface area contributed by atoms with Gasteiger partial charge >= 0.3 is 6.09 Å². The maximum absolute atomic E-state index is 13.3.